The fourth-order valence-electron chi connectivity index (χ4n) is 2.89. The van der Waals surface area contributed by atoms with Crippen LogP contribution in [0.3, 0.4) is 0 Å². The second kappa shape index (κ2) is 8.22. The summed E-state index contributed by atoms with van der Waals surface area (Å²) in [6, 6.07) is -0.345. The summed E-state index contributed by atoms with van der Waals surface area (Å²) in [6.45, 7) is 6.03. The number of carbonyl (C=O) groups excluding carboxylic acids is 1. The molecule has 2 aliphatic rings. The zero-order valence-corrected chi connectivity index (χ0v) is 13.6. The van der Waals surface area contributed by atoms with E-state index in [0.717, 1.165) is 50.7 Å². The van der Waals surface area contributed by atoms with Crippen molar-refractivity contribution < 1.29 is 14.6 Å². The summed E-state index contributed by atoms with van der Waals surface area (Å²) in [5, 5.41) is 15.0. The molecule has 0 aliphatic carbocycles. The Morgan fingerprint density at radius 2 is 2.24 bits per heavy atom. The number of nitrogens with zero attached hydrogens (tertiary/aromatic N) is 1. The standard InChI is InChI=1S/C14H27N3O3S/c1-2-12(9-18)16-13(19)15-10-14(3-8-21-11-14)17-4-6-20-7-5-17/h12,18H,2-11H2,1H3,(H2,15,16,19)/t12-,14-/m0/s1. The molecule has 0 radical (unpaired) electrons. The molecule has 0 spiro atoms. The third-order valence-electron chi connectivity index (χ3n) is 4.39. The third kappa shape index (κ3) is 4.48. The number of aliphatic hydroxyl groups is 1. The van der Waals surface area contributed by atoms with Crippen LogP contribution in [-0.4, -0.2) is 78.6 Å². The number of ether oxygens (including phenoxy) is 1. The number of hydrogen-bond donors (Lipinski definition) is 3. The fraction of sp³-hybridized carbons (Fsp3) is 0.929. The molecule has 21 heavy (non-hydrogen) atoms. The number of thioether (sulfide) groups is 1. The highest BCUT2D eigenvalue weighted by atomic mass is 32.2. The summed E-state index contributed by atoms with van der Waals surface area (Å²) in [7, 11) is 0. The highest BCUT2D eigenvalue weighted by molar-refractivity contribution is 7.99. The molecule has 122 valence electrons. The van der Waals surface area contributed by atoms with Crippen LogP contribution in [0.5, 0.6) is 0 Å². The molecule has 2 fully saturated rings. The van der Waals surface area contributed by atoms with Crippen LogP contribution < -0.4 is 10.6 Å². The maximum Gasteiger partial charge on any atom is 0.315 e. The summed E-state index contributed by atoms with van der Waals surface area (Å²) >= 11 is 1.96. The van der Waals surface area contributed by atoms with Crippen molar-refractivity contribution in [1.82, 2.24) is 15.5 Å². The van der Waals surface area contributed by atoms with Crippen molar-refractivity contribution in [3.8, 4) is 0 Å². The maximum absolute atomic E-state index is 12.0. The number of morpholine rings is 1. The van der Waals surface area contributed by atoms with Crippen molar-refractivity contribution in [2.75, 3.05) is 51.0 Å². The molecule has 3 N–H and O–H groups in total. The number of rotatable bonds is 6. The molecule has 0 aromatic rings. The molecule has 0 aromatic carbocycles. The smallest absolute Gasteiger partial charge is 0.315 e. The molecule has 7 heteroatoms. The Balaban J connectivity index is 1.86. The Bertz CT molecular complexity index is 327. The SMILES string of the molecule is CC[C@@H](CO)NC(=O)NC[C@@]1(N2CCOCC2)CCSC1. The van der Waals surface area contributed by atoms with Gasteiger partial charge >= 0.3 is 6.03 Å². The van der Waals surface area contributed by atoms with Crippen LogP contribution in [0.15, 0.2) is 0 Å². The molecule has 0 unspecified atom stereocenters. The molecule has 6 nitrogen and oxygen atoms in total. The van der Waals surface area contributed by atoms with E-state index >= 15 is 0 Å². The van der Waals surface area contributed by atoms with Gasteiger partial charge < -0.3 is 20.5 Å². The third-order valence-corrected chi connectivity index (χ3v) is 5.63. The number of carbonyl (C=O) groups is 1. The minimum atomic E-state index is -0.180. The topological polar surface area (TPSA) is 73.8 Å². The minimum absolute atomic E-state index is 0.0195. The lowest BCUT2D eigenvalue weighted by molar-refractivity contribution is -0.0124. The first-order chi connectivity index (χ1) is 10.2. The van der Waals surface area contributed by atoms with Crippen molar-refractivity contribution in [3.63, 3.8) is 0 Å². The number of aliphatic hydroxyl groups excluding tert-OH is 1. The zero-order chi connectivity index (χ0) is 15.1. The molecule has 2 amide bonds. The van der Waals surface area contributed by atoms with Gasteiger partial charge in [-0.05, 0) is 18.6 Å². The summed E-state index contributed by atoms with van der Waals surface area (Å²) in [4.78, 5) is 14.4. The zero-order valence-electron chi connectivity index (χ0n) is 12.8. The van der Waals surface area contributed by atoms with Gasteiger partial charge in [0.05, 0.1) is 25.9 Å². The van der Waals surface area contributed by atoms with Crippen LogP contribution in [0, 0.1) is 0 Å². The van der Waals surface area contributed by atoms with Crippen LogP contribution >= 0.6 is 11.8 Å². The molecule has 2 aliphatic heterocycles. The number of amides is 2. The van der Waals surface area contributed by atoms with E-state index in [1.165, 1.54) is 0 Å². The van der Waals surface area contributed by atoms with Crippen molar-refractivity contribution in [2.24, 2.45) is 0 Å². The van der Waals surface area contributed by atoms with Crippen LogP contribution in [0.4, 0.5) is 4.79 Å². The van der Waals surface area contributed by atoms with E-state index in [-0.39, 0.29) is 24.2 Å². The van der Waals surface area contributed by atoms with Gasteiger partial charge in [-0.25, -0.2) is 4.79 Å². The number of nitrogens with one attached hydrogen (secondary N) is 2. The molecular weight excluding hydrogens is 290 g/mol. The average molecular weight is 317 g/mol. The van der Waals surface area contributed by atoms with Crippen molar-refractivity contribution in [2.45, 2.75) is 31.3 Å². The van der Waals surface area contributed by atoms with E-state index in [4.69, 9.17) is 9.84 Å². The van der Waals surface area contributed by atoms with E-state index in [2.05, 4.69) is 15.5 Å². The average Bonchev–Trinajstić information content (AvgIpc) is 3.01. The predicted octanol–water partition coefficient (Wildman–Crippen LogP) is 0.264. The van der Waals surface area contributed by atoms with Crippen LogP contribution in [0.2, 0.25) is 0 Å². The highest BCUT2D eigenvalue weighted by Gasteiger charge is 2.40. The summed E-state index contributed by atoms with van der Waals surface area (Å²) < 4.78 is 5.44. The van der Waals surface area contributed by atoms with E-state index in [9.17, 15) is 4.79 Å². The molecule has 0 aromatic heterocycles. The summed E-state index contributed by atoms with van der Waals surface area (Å²) in [6.07, 6.45) is 1.84. The molecule has 2 rings (SSSR count). The molecule has 0 saturated carbocycles. The second-order valence-electron chi connectivity index (χ2n) is 5.74. The molecular formula is C14H27N3O3S. The molecule has 2 heterocycles. The first kappa shape index (κ1) is 16.9. The molecule has 2 saturated heterocycles. The lowest BCUT2D eigenvalue weighted by Gasteiger charge is -2.43. The number of hydrogen-bond acceptors (Lipinski definition) is 5. The monoisotopic (exact) mass is 317 g/mol. The van der Waals surface area contributed by atoms with Crippen LogP contribution in [0.25, 0.3) is 0 Å². The van der Waals surface area contributed by atoms with Crippen LogP contribution in [0.1, 0.15) is 19.8 Å². The quantitative estimate of drug-likeness (QED) is 0.655. The van der Waals surface area contributed by atoms with E-state index < -0.39 is 0 Å². The summed E-state index contributed by atoms with van der Waals surface area (Å²) in [5.74, 6) is 2.21. The normalized spacial score (nSPS) is 28.3. The second-order valence-corrected chi connectivity index (χ2v) is 6.85. The van der Waals surface area contributed by atoms with Gasteiger partial charge in [-0.2, -0.15) is 11.8 Å². The highest BCUT2D eigenvalue weighted by Crippen LogP contribution is 2.33. The Hall–Kier alpha value is -0.500. The summed E-state index contributed by atoms with van der Waals surface area (Å²) in [5.41, 5.74) is 0.0622. The Morgan fingerprint density at radius 1 is 1.48 bits per heavy atom. The van der Waals surface area contributed by atoms with Gasteiger partial charge in [0.2, 0.25) is 0 Å². The Labute approximate surface area is 131 Å². The van der Waals surface area contributed by atoms with Crippen molar-refractivity contribution in [3.05, 3.63) is 0 Å². The van der Waals surface area contributed by atoms with E-state index in [1.807, 2.05) is 18.7 Å². The van der Waals surface area contributed by atoms with Gasteiger partial charge in [0.1, 0.15) is 0 Å². The predicted molar refractivity (Wildman–Crippen MR) is 84.8 cm³/mol. The van der Waals surface area contributed by atoms with Gasteiger partial charge in [0, 0.05) is 30.9 Å². The molecule has 0 bridgehead atoms. The largest absolute Gasteiger partial charge is 0.394 e. The lowest BCUT2D eigenvalue weighted by Crippen LogP contribution is -2.60. The Morgan fingerprint density at radius 3 is 2.81 bits per heavy atom. The van der Waals surface area contributed by atoms with Crippen molar-refractivity contribution >= 4 is 17.8 Å². The van der Waals surface area contributed by atoms with E-state index in [1.54, 1.807) is 0 Å². The van der Waals surface area contributed by atoms with Crippen molar-refractivity contribution in [1.29, 1.82) is 0 Å². The minimum Gasteiger partial charge on any atom is -0.394 e. The van der Waals surface area contributed by atoms with Gasteiger partial charge in [0.15, 0.2) is 0 Å². The van der Waals surface area contributed by atoms with Gasteiger partial charge in [0.25, 0.3) is 0 Å². The maximum atomic E-state index is 12.0. The Kier molecular flexibility index (Phi) is 6.60. The number of urea groups is 1. The lowest BCUT2D eigenvalue weighted by atomic mass is 9.95. The van der Waals surface area contributed by atoms with Gasteiger partial charge in [-0.1, -0.05) is 6.92 Å². The van der Waals surface area contributed by atoms with Gasteiger partial charge in [-0.15, -0.1) is 0 Å². The molecule has 2 atom stereocenters. The van der Waals surface area contributed by atoms with E-state index in [0.29, 0.717) is 6.54 Å². The van der Waals surface area contributed by atoms with Gasteiger partial charge in [-0.3, -0.25) is 4.90 Å². The van der Waals surface area contributed by atoms with Crippen LogP contribution in [-0.2, 0) is 4.74 Å². The fourth-order valence-corrected chi connectivity index (χ4v) is 4.37. The first-order valence-electron chi connectivity index (χ1n) is 7.76. The first-order valence-corrected chi connectivity index (χ1v) is 8.91.